The van der Waals surface area contributed by atoms with E-state index in [0.717, 1.165) is 29.1 Å². The number of benzene rings is 3. The third kappa shape index (κ3) is 3.31. The van der Waals surface area contributed by atoms with Crippen LogP contribution in [-0.2, 0) is 0 Å². The van der Waals surface area contributed by atoms with E-state index in [4.69, 9.17) is 0 Å². The largest absolute Gasteiger partial charge is 0.618 e. The van der Waals surface area contributed by atoms with E-state index in [9.17, 15) is 5.21 Å². The lowest BCUT2D eigenvalue weighted by atomic mass is 10.0. The van der Waals surface area contributed by atoms with Crippen LogP contribution in [0.3, 0.4) is 0 Å². The van der Waals surface area contributed by atoms with Crippen LogP contribution < -0.4 is 14.7 Å². The second-order valence-electron chi connectivity index (χ2n) is 8.47. The molecule has 3 aromatic carbocycles. The normalized spacial score (nSPS) is 17.7. The van der Waals surface area contributed by atoms with Crippen molar-refractivity contribution >= 4 is 34.3 Å². The Hall–Kier alpha value is -3.87. The molecule has 3 aromatic rings. The van der Waals surface area contributed by atoms with Crippen molar-refractivity contribution in [3.63, 3.8) is 0 Å². The van der Waals surface area contributed by atoms with Crippen molar-refractivity contribution in [2.45, 2.75) is 0 Å². The van der Waals surface area contributed by atoms with Crippen molar-refractivity contribution in [1.29, 1.82) is 0 Å². The number of rotatable bonds is 3. The van der Waals surface area contributed by atoms with Crippen molar-refractivity contribution in [1.82, 2.24) is 0 Å². The molecule has 0 spiro atoms. The van der Waals surface area contributed by atoms with E-state index < -0.39 is 0 Å². The van der Waals surface area contributed by atoms with Crippen molar-refractivity contribution in [3.8, 4) is 0 Å². The maximum Gasteiger partial charge on any atom is 0.267 e. The average Bonchev–Trinajstić information content (AvgIpc) is 3.35. The van der Waals surface area contributed by atoms with Crippen molar-refractivity contribution in [2.75, 3.05) is 54.0 Å². The number of hydrogen-bond acceptors (Lipinski definition) is 5. The lowest BCUT2D eigenvalue weighted by molar-refractivity contribution is -0.358. The van der Waals surface area contributed by atoms with E-state index in [0.29, 0.717) is 49.1 Å². The van der Waals surface area contributed by atoms with Gasteiger partial charge in [0, 0.05) is 38.4 Å². The van der Waals surface area contributed by atoms with E-state index in [-0.39, 0.29) is 5.82 Å². The number of anilines is 3. The molecule has 0 aromatic heterocycles. The van der Waals surface area contributed by atoms with Gasteiger partial charge < -0.3 is 19.9 Å². The first kappa shape index (κ1) is 19.8. The van der Waals surface area contributed by atoms with E-state index in [1.54, 1.807) is 0 Å². The number of para-hydroxylation sites is 1. The molecule has 0 atom stereocenters. The SMILES string of the molecule is [O-][N+]1=C(c2ccccc2)C2=NCCN2c2cc(N3CCN(c4ccccc4)CC3)c(F)cc21. The Balaban J connectivity index is 1.35. The van der Waals surface area contributed by atoms with Gasteiger partial charge in [-0.2, -0.15) is 4.74 Å². The molecule has 3 aliphatic heterocycles. The van der Waals surface area contributed by atoms with Gasteiger partial charge in [-0.1, -0.05) is 36.4 Å². The minimum atomic E-state index is -0.366. The summed E-state index contributed by atoms with van der Waals surface area (Å²) in [6, 6.07) is 23.0. The molecule has 0 amide bonds. The number of aliphatic imine (C=N–C) groups is 1. The Kier molecular flexibility index (Phi) is 4.75. The number of amidine groups is 1. The van der Waals surface area contributed by atoms with Crippen LogP contribution in [0.1, 0.15) is 5.56 Å². The van der Waals surface area contributed by atoms with Crippen LogP contribution in [-0.4, -0.2) is 55.6 Å². The highest BCUT2D eigenvalue weighted by Crippen LogP contribution is 2.40. The summed E-state index contributed by atoms with van der Waals surface area (Å²) in [4.78, 5) is 11.1. The van der Waals surface area contributed by atoms with Gasteiger partial charge in [0.05, 0.1) is 23.9 Å². The fraction of sp³-hybridized carbons (Fsp3) is 0.231. The molecule has 1 saturated heterocycles. The number of halogens is 1. The van der Waals surface area contributed by atoms with Gasteiger partial charge in [0.1, 0.15) is 5.69 Å². The highest BCUT2D eigenvalue weighted by molar-refractivity contribution is 6.51. The molecule has 6 nitrogen and oxygen atoms in total. The van der Waals surface area contributed by atoms with Crippen LogP contribution in [0, 0.1) is 11.0 Å². The van der Waals surface area contributed by atoms with Gasteiger partial charge in [-0.05, 0) is 30.3 Å². The summed E-state index contributed by atoms with van der Waals surface area (Å²) in [6.45, 7) is 4.36. The Bertz CT molecular complexity index is 1250. The molecule has 1 fully saturated rings. The van der Waals surface area contributed by atoms with Crippen LogP contribution in [0.15, 0.2) is 77.8 Å². The number of fused-ring (bicyclic) bond motifs is 3. The monoisotopic (exact) mass is 441 g/mol. The first-order chi connectivity index (χ1) is 16.2. The number of piperazine rings is 1. The summed E-state index contributed by atoms with van der Waals surface area (Å²) in [5.74, 6) is 0.296. The van der Waals surface area contributed by atoms with E-state index in [1.807, 2.05) is 54.6 Å². The summed E-state index contributed by atoms with van der Waals surface area (Å²) in [7, 11) is 0. The quantitative estimate of drug-likeness (QED) is 0.455. The van der Waals surface area contributed by atoms with Gasteiger partial charge in [0.15, 0.2) is 5.82 Å². The van der Waals surface area contributed by atoms with Gasteiger partial charge in [-0.25, -0.2) is 4.39 Å². The number of hydrogen-bond donors (Lipinski definition) is 0. The fourth-order valence-electron chi connectivity index (χ4n) is 4.94. The van der Waals surface area contributed by atoms with Crippen molar-refractivity contribution in [3.05, 3.63) is 89.4 Å². The summed E-state index contributed by atoms with van der Waals surface area (Å²) in [5, 5.41) is 13.4. The molecular formula is C26H24FN5O. The molecular weight excluding hydrogens is 417 g/mol. The van der Waals surface area contributed by atoms with Gasteiger partial charge in [-0.3, -0.25) is 4.99 Å². The maximum absolute atomic E-state index is 15.3. The zero-order chi connectivity index (χ0) is 22.4. The zero-order valence-corrected chi connectivity index (χ0v) is 18.2. The van der Waals surface area contributed by atoms with Gasteiger partial charge in [-0.15, -0.1) is 0 Å². The first-order valence-electron chi connectivity index (χ1n) is 11.3. The lowest BCUT2D eigenvalue weighted by Gasteiger charge is -2.38. The average molecular weight is 442 g/mol. The molecule has 0 saturated carbocycles. The maximum atomic E-state index is 15.3. The minimum Gasteiger partial charge on any atom is -0.618 e. The smallest absolute Gasteiger partial charge is 0.267 e. The van der Waals surface area contributed by atoms with Crippen LogP contribution in [0.2, 0.25) is 0 Å². The van der Waals surface area contributed by atoms with E-state index in [1.165, 1.54) is 11.8 Å². The summed E-state index contributed by atoms with van der Waals surface area (Å²) in [5.41, 5.74) is 4.05. The van der Waals surface area contributed by atoms with E-state index in [2.05, 4.69) is 31.8 Å². The van der Waals surface area contributed by atoms with Crippen LogP contribution in [0.4, 0.5) is 27.1 Å². The third-order valence-electron chi connectivity index (χ3n) is 6.60. The molecule has 0 aliphatic carbocycles. The van der Waals surface area contributed by atoms with Crippen molar-refractivity contribution in [2.24, 2.45) is 4.99 Å². The Morgan fingerprint density at radius 2 is 1.45 bits per heavy atom. The minimum absolute atomic E-state index is 0.332. The van der Waals surface area contributed by atoms with Crippen LogP contribution in [0.25, 0.3) is 0 Å². The second-order valence-corrected chi connectivity index (χ2v) is 8.47. The van der Waals surface area contributed by atoms with Gasteiger partial charge >= 0.3 is 0 Å². The highest BCUT2D eigenvalue weighted by Gasteiger charge is 2.39. The molecule has 0 bridgehead atoms. The Morgan fingerprint density at radius 1 is 0.788 bits per heavy atom. The summed E-state index contributed by atoms with van der Waals surface area (Å²) < 4.78 is 16.2. The predicted octanol–water partition coefficient (Wildman–Crippen LogP) is 4.02. The standard InChI is InChI=1S/C26H24FN5O/c27-21-17-24-23(18-22(21)30-15-13-29(14-16-30)20-9-5-2-6-10-20)31-12-11-28-26(31)25(32(24)33)19-7-3-1-4-8-19/h1-10,17-18H,11-16H2. The van der Waals surface area contributed by atoms with Crippen LogP contribution >= 0.6 is 0 Å². The topological polar surface area (TPSA) is 48.2 Å². The predicted molar refractivity (Wildman–Crippen MR) is 131 cm³/mol. The van der Waals surface area contributed by atoms with Gasteiger partial charge in [0.2, 0.25) is 11.5 Å². The molecule has 6 rings (SSSR count). The highest BCUT2D eigenvalue weighted by atomic mass is 19.1. The molecule has 3 aliphatic rings. The molecule has 0 N–H and O–H groups in total. The van der Waals surface area contributed by atoms with Crippen molar-refractivity contribution < 1.29 is 9.13 Å². The van der Waals surface area contributed by atoms with Crippen LogP contribution in [0.5, 0.6) is 0 Å². The first-order valence-corrected chi connectivity index (χ1v) is 11.3. The molecule has 3 heterocycles. The van der Waals surface area contributed by atoms with Gasteiger partial charge in [0.25, 0.3) is 5.71 Å². The summed E-state index contributed by atoms with van der Waals surface area (Å²) >= 11 is 0. The Morgan fingerprint density at radius 3 is 2.18 bits per heavy atom. The molecule has 7 heteroatoms. The van der Waals surface area contributed by atoms with E-state index >= 15 is 4.39 Å². The molecule has 0 radical (unpaired) electrons. The third-order valence-corrected chi connectivity index (χ3v) is 6.60. The fourth-order valence-corrected chi connectivity index (χ4v) is 4.94. The molecule has 0 unspecified atom stereocenters. The zero-order valence-electron chi connectivity index (χ0n) is 18.2. The lowest BCUT2D eigenvalue weighted by Crippen LogP contribution is -2.47. The molecule has 33 heavy (non-hydrogen) atoms. The Labute approximate surface area is 192 Å². The second kappa shape index (κ2) is 7.92. The molecule has 166 valence electrons. The number of nitrogens with zero attached hydrogens (tertiary/aromatic N) is 5. The summed E-state index contributed by atoms with van der Waals surface area (Å²) in [6.07, 6.45) is 0.